The van der Waals surface area contributed by atoms with Crippen LogP contribution in [0.1, 0.15) is 48.6 Å². The molecule has 174 valence electrons. The number of thioether (sulfide) groups is 1. The molecule has 0 bridgehead atoms. The Hall–Kier alpha value is -2.84. The SMILES string of the molecule is CCn1c(SCC(=O)Nc2ccc(C)c(Cl)c2)nnc1[C@@H](NC(=O)c1ccccc1)C(C)C. The fourth-order valence-corrected chi connectivity index (χ4v) is 4.27. The molecule has 9 heteroatoms. The van der Waals surface area contributed by atoms with Crippen molar-refractivity contribution in [2.24, 2.45) is 5.92 Å². The topological polar surface area (TPSA) is 88.9 Å². The molecule has 1 heterocycles. The molecule has 33 heavy (non-hydrogen) atoms. The molecule has 7 nitrogen and oxygen atoms in total. The van der Waals surface area contributed by atoms with Crippen molar-refractivity contribution < 1.29 is 9.59 Å². The van der Waals surface area contributed by atoms with Crippen molar-refractivity contribution in [3.63, 3.8) is 0 Å². The van der Waals surface area contributed by atoms with Crippen LogP contribution in [-0.2, 0) is 11.3 Å². The summed E-state index contributed by atoms with van der Waals surface area (Å²) in [5.41, 5.74) is 2.19. The monoisotopic (exact) mass is 485 g/mol. The number of rotatable bonds is 9. The van der Waals surface area contributed by atoms with Crippen LogP contribution in [-0.4, -0.2) is 32.3 Å². The molecule has 0 spiro atoms. The molecule has 0 aliphatic carbocycles. The molecular formula is C24H28ClN5O2S. The van der Waals surface area contributed by atoms with Gasteiger partial charge in [-0.3, -0.25) is 9.59 Å². The molecule has 2 aromatic carbocycles. The molecular weight excluding hydrogens is 458 g/mol. The van der Waals surface area contributed by atoms with Gasteiger partial charge < -0.3 is 15.2 Å². The number of nitrogens with one attached hydrogen (secondary N) is 2. The average Bonchev–Trinajstić information content (AvgIpc) is 3.21. The molecule has 2 amide bonds. The Bertz CT molecular complexity index is 1120. The van der Waals surface area contributed by atoms with E-state index in [4.69, 9.17) is 11.6 Å². The molecule has 0 aliphatic heterocycles. The van der Waals surface area contributed by atoms with E-state index in [1.807, 2.05) is 62.6 Å². The lowest BCUT2D eigenvalue weighted by Gasteiger charge is -2.22. The maximum atomic E-state index is 12.7. The van der Waals surface area contributed by atoms with Crippen LogP contribution < -0.4 is 10.6 Å². The van der Waals surface area contributed by atoms with E-state index in [-0.39, 0.29) is 29.5 Å². The first kappa shape index (κ1) is 24.8. The Kier molecular flexibility index (Phi) is 8.52. The number of carbonyl (C=O) groups excluding carboxylic acids is 2. The van der Waals surface area contributed by atoms with Gasteiger partial charge in [-0.2, -0.15) is 0 Å². The minimum Gasteiger partial charge on any atom is -0.342 e. The molecule has 0 saturated heterocycles. The quantitative estimate of drug-likeness (QED) is 0.411. The van der Waals surface area contributed by atoms with Crippen LogP contribution in [0.4, 0.5) is 5.69 Å². The Balaban J connectivity index is 1.70. The van der Waals surface area contributed by atoms with Gasteiger partial charge in [0.1, 0.15) is 0 Å². The zero-order chi connectivity index (χ0) is 24.0. The lowest BCUT2D eigenvalue weighted by Crippen LogP contribution is -2.33. The van der Waals surface area contributed by atoms with E-state index in [0.29, 0.717) is 33.8 Å². The third-order valence-corrected chi connectivity index (χ3v) is 6.49. The van der Waals surface area contributed by atoms with Gasteiger partial charge in [-0.1, -0.05) is 61.5 Å². The molecule has 0 unspecified atom stereocenters. The summed E-state index contributed by atoms with van der Waals surface area (Å²) in [6, 6.07) is 14.2. The molecule has 0 aliphatic rings. The maximum Gasteiger partial charge on any atom is 0.251 e. The van der Waals surface area contributed by atoms with Crippen molar-refractivity contribution in [1.29, 1.82) is 0 Å². The minimum atomic E-state index is -0.317. The van der Waals surface area contributed by atoms with Gasteiger partial charge in [-0.15, -0.1) is 10.2 Å². The van der Waals surface area contributed by atoms with Crippen LogP contribution in [0.15, 0.2) is 53.7 Å². The van der Waals surface area contributed by atoms with Crippen LogP contribution in [0.25, 0.3) is 0 Å². The first-order valence-electron chi connectivity index (χ1n) is 10.8. The van der Waals surface area contributed by atoms with E-state index in [9.17, 15) is 9.59 Å². The first-order chi connectivity index (χ1) is 15.8. The second-order valence-electron chi connectivity index (χ2n) is 7.95. The number of aryl methyl sites for hydroxylation is 1. The highest BCUT2D eigenvalue weighted by Gasteiger charge is 2.26. The van der Waals surface area contributed by atoms with Crippen molar-refractivity contribution in [2.75, 3.05) is 11.1 Å². The third-order valence-electron chi connectivity index (χ3n) is 5.12. The highest BCUT2D eigenvalue weighted by Crippen LogP contribution is 2.26. The van der Waals surface area contributed by atoms with Gasteiger partial charge in [0.15, 0.2) is 11.0 Å². The molecule has 3 rings (SSSR count). The maximum absolute atomic E-state index is 12.7. The number of anilines is 1. The average molecular weight is 486 g/mol. The number of nitrogens with zero attached hydrogens (tertiary/aromatic N) is 3. The number of benzene rings is 2. The number of hydrogen-bond acceptors (Lipinski definition) is 5. The zero-order valence-electron chi connectivity index (χ0n) is 19.1. The van der Waals surface area contributed by atoms with Gasteiger partial charge in [-0.05, 0) is 49.6 Å². The summed E-state index contributed by atoms with van der Waals surface area (Å²) in [5.74, 6) is 0.617. The van der Waals surface area contributed by atoms with Crippen LogP contribution in [0.5, 0.6) is 0 Å². The lowest BCUT2D eigenvalue weighted by atomic mass is 10.0. The highest BCUT2D eigenvalue weighted by molar-refractivity contribution is 7.99. The van der Waals surface area contributed by atoms with Gasteiger partial charge in [0.05, 0.1) is 11.8 Å². The fourth-order valence-electron chi connectivity index (χ4n) is 3.28. The molecule has 1 atom stereocenters. The summed E-state index contributed by atoms with van der Waals surface area (Å²) < 4.78 is 1.94. The Morgan fingerprint density at radius 1 is 1.12 bits per heavy atom. The highest BCUT2D eigenvalue weighted by atomic mass is 35.5. The van der Waals surface area contributed by atoms with Gasteiger partial charge in [-0.25, -0.2) is 0 Å². The van der Waals surface area contributed by atoms with Gasteiger partial charge in [0.25, 0.3) is 5.91 Å². The van der Waals surface area contributed by atoms with Crippen molar-refractivity contribution in [2.45, 2.75) is 45.4 Å². The van der Waals surface area contributed by atoms with Crippen LogP contribution in [0, 0.1) is 12.8 Å². The molecule has 0 fully saturated rings. The van der Waals surface area contributed by atoms with E-state index >= 15 is 0 Å². The minimum absolute atomic E-state index is 0.0968. The van der Waals surface area contributed by atoms with Crippen LogP contribution in [0.3, 0.4) is 0 Å². The summed E-state index contributed by atoms with van der Waals surface area (Å²) in [6.07, 6.45) is 0. The van der Waals surface area contributed by atoms with E-state index in [0.717, 1.165) is 5.56 Å². The number of hydrogen-bond donors (Lipinski definition) is 2. The largest absolute Gasteiger partial charge is 0.342 e. The fraction of sp³-hybridized carbons (Fsp3) is 0.333. The Morgan fingerprint density at radius 3 is 2.48 bits per heavy atom. The van der Waals surface area contributed by atoms with E-state index in [2.05, 4.69) is 20.8 Å². The van der Waals surface area contributed by atoms with Crippen molar-refractivity contribution in [3.8, 4) is 0 Å². The number of amides is 2. The second-order valence-corrected chi connectivity index (χ2v) is 9.30. The molecule has 2 N–H and O–H groups in total. The number of halogens is 1. The predicted molar refractivity (Wildman–Crippen MR) is 133 cm³/mol. The summed E-state index contributed by atoms with van der Waals surface area (Å²) in [6.45, 7) is 8.56. The number of carbonyl (C=O) groups is 2. The summed E-state index contributed by atoms with van der Waals surface area (Å²) in [4.78, 5) is 25.2. The van der Waals surface area contributed by atoms with Gasteiger partial charge in [0, 0.05) is 22.8 Å². The summed E-state index contributed by atoms with van der Waals surface area (Å²) >= 11 is 7.44. The standard InChI is InChI=1S/C24H28ClN5O2S/c1-5-30-22(21(15(2)3)27-23(32)17-9-7-6-8-10-17)28-29-24(30)33-14-20(31)26-18-12-11-16(4)19(25)13-18/h6-13,15,21H,5,14H2,1-4H3,(H,26,31)(H,27,32)/t21-/m0/s1. The predicted octanol–water partition coefficient (Wildman–Crippen LogP) is 5.12. The lowest BCUT2D eigenvalue weighted by molar-refractivity contribution is -0.113. The van der Waals surface area contributed by atoms with Crippen molar-refractivity contribution >= 4 is 40.9 Å². The van der Waals surface area contributed by atoms with E-state index in [1.165, 1.54) is 11.8 Å². The smallest absolute Gasteiger partial charge is 0.251 e. The normalized spacial score (nSPS) is 11.9. The van der Waals surface area contributed by atoms with Crippen LogP contribution >= 0.6 is 23.4 Å². The van der Waals surface area contributed by atoms with E-state index in [1.54, 1.807) is 18.2 Å². The van der Waals surface area contributed by atoms with Crippen molar-refractivity contribution in [1.82, 2.24) is 20.1 Å². The summed E-state index contributed by atoms with van der Waals surface area (Å²) in [7, 11) is 0. The molecule has 0 saturated carbocycles. The first-order valence-corrected chi connectivity index (χ1v) is 12.1. The summed E-state index contributed by atoms with van der Waals surface area (Å²) in [5, 5.41) is 15.8. The van der Waals surface area contributed by atoms with E-state index < -0.39 is 0 Å². The zero-order valence-corrected chi connectivity index (χ0v) is 20.7. The van der Waals surface area contributed by atoms with Crippen LogP contribution in [0.2, 0.25) is 5.02 Å². The van der Waals surface area contributed by atoms with Gasteiger partial charge >= 0.3 is 0 Å². The number of aromatic nitrogens is 3. The Labute approximate surface area is 203 Å². The second kappa shape index (κ2) is 11.3. The van der Waals surface area contributed by atoms with Crippen molar-refractivity contribution in [3.05, 3.63) is 70.5 Å². The molecule has 3 aromatic rings. The molecule has 1 aromatic heterocycles. The molecule has 0 radical (unpaired) electrons. The van der Waals surface area contributed by atoms with Gasteiger partial charge in [0.2, 0.25) is 5.91 Å². The third kappa shape index (κ3) is 6.36. The Morgan fingerprint density at radius 2 is 1.85 bits per heavy atom.